The van der Waals surface area contributed by atoms with Crippen molar-refractivity contribution in [2.45, 2.75) is 19.4 Å². The van der Waals surface area contributed by atoms with Gasteiger partial charge in [0.15, 0.2) is 0 Å². The number of aromatic nitrogens is 2. The number of carbonyl (C=O) groups excluding carboxylic acids is 2. The van der Waals surface area contributed by atoms with Crippen LogP contribution in [0, 0.1) is 0 Å². The number of nitrogens with two attached hydrogens (primary N) is 1. The van der Waals surface area contributed by atoms with E-state index in [4.69, 9.17) is 5.73 Å². The zero-order valence-corrected chi connectivity index (χ0v) is 16.6. The van der Waals surface area contributed by atoms with Gasteiger partial charge in [-0.3, -0.25) is 14.7 Å². The monoisotopic (exact) mass is 391 g/mol. The third-order valence-electron chi connectivity index (χ3n) is 4.72. The lowest BCUT2D eigenvalue weighted by Gasteiger charge is -2.16. The number of hydrogen-bond donors (Lipinski definition) is 3. The molecule has 0 spiro atoms. The molecule has 0 saturated carbocycles. The third kappa shape index (κ3) is 4.89. The Hall–Kier alpha value is -3.45. The fourth-order valence-corrected chi connectivity index (χ4v) is 3.12. The van der Waals surface area contributed by atoms with Crippen LogP contribution in [0.15, 0.2) is 54.9 Å². The van der Waals surface area contributed by atoms with Gasteiger partial charge in [-0.25, -0.2) is 0 Å². The van der Waals surface area contributed by atoms with E-state index in [0.717, 1.165) is 22.3 Å². The van der Waals surface area contributed by atoms with E-state index in [1.165, 1.54) is 4.90 Å². The minimum Gasteiger partial charge on any atom is -0.345 e. The van der Waals surface area contributed by atoms with E-state index >= 15 is 0 Å². The molecular weight excluding hydrogens is 366 g/mol. The zero-order chi connectivity index (χ0) is 20.8. The number of nitrogens with one attached hydrogen (secondary N) is 2. The van der Waals surface area contributed by atoms with Crippen LogP contribution in [0.25, 0.3) is 11.1 Å². The molecule has 0 saturated heterocycles. The number of aryl methyl sites for hydroxylation is 1. The second kappa shape index (κ2) is 9.16. The van der Waals surface area contributed by atoms with Crippen LogP contribution in [-0.2, 0) is 17.8 Å². The van der Waals surface area contributed by atoms with E-state index in [1.54, 1.807) is 38.6 Å². The molecule has 0 radical (unpaired) electrons. The maximum Gasteiger partial charge on any atom is 0.255 e. The van der Waals surface area contributed by atoms with Gasteiger partial charge in [-0.2, -0.15) is 5.10 Å². The Labute approximate surface area is 169 Å². The Balaban J connectivity index is 1.78. The first-order valence-corrected chi connectivity index (χ1v) is 9.41. The topological polar surface area (TPSA) is 104 Å². The Morgan fingerprint density at radius 1 is 1.10 bits per heavy atom. The summed E-state index contributed by atoms with van der Waals surface area (Å²) in [6.07, 6.45) is 4.33. The predicted molar refractivity (Wildman–Crippen MR) is 113 cm³/mol. The number of aromatic amines is 1. The third-order valence-corrected chi connectivity index (χ3v) is 4.72. The molecule has 0 aliphatic heterocycles. The molecule has 2 amide bonds. The van der Waals surface area contributed by atoms with E-state index in [0.29, 0.717) is 30.6 Å². The molecule has 1 heterocycles. The van der Waals surface area contributed by atoms with Crippen LogP contribution >= 0.6 is 0 Å². The molecule has 2 aromatic carbocycles. The number of H-pyrrole nitrogens is 1. The molecule has 29 heavy (non-hydrogen) atoms. The number of rotatable bonds is 7. The average molecular weight is 391 g/mol. The Morgan fingerprint density at radius 3 is 2.52 bits per heavy atom. The summed E-state index contributed by atoms with van der Waals surface area (Å²) in [5, 5.41) is 9.60. The highest BCUT2D eigenvalue weighted by Crippen LogP contribution is 2.26. The molecule has 0 fully saturated rings. The van der Waals surface area contributed by atoms with Gasteiger partial charge in [0.1, 0.15) is 0 Å². The molecule has 7 heteroatoms. The van der Waals surface area contributed by atoms with Crippen LogP contribution in [0.1, 0.15) is 27.9 Å². The molecule has 0 atom stereocenters. The van der Waals surface area contributed by atoms with Crippen molar-refractivity contribution in [3.63, 3.8) is 0 Å². The first kappa shape index (κ1) is 20.3. The molecule has 0 aliphatic rings. The fraction of sp³-hybridized carbons (Fsp3) is 0.227. The Morgan fingerprint density at radius 2 is 1.86 bits per heavy atom. The van der Waals surface area contributed by atoms with Gasteiger partial charge in [-0.05, 0) is 35.2 Å². The average Bonchev–Trinajstić information content (AvgIpc) is 3.27. The molecule has 0 bridgehead atoms. The summed E-state index contributed by atoms with van der Waals surface area (Å²) in [6.45, 7) is 0.439. The second-order valence-corrected chi connectivity index (χ2v) is 6.97. The predicted octanol–water partition coefficient (Wildman–Crippen LogP) is 2.81. The van der Waals surface area contributed by atoms with E-state index in [-0.39, 0.29) is 11.8 Å². The van der Waals surface area contributed by atoms with Crippen LogP contribution in [0.4, 0.5) is 5.69 Å². The van der Waals surface area contributed by atoms with Gasteiger partial charge in [-0.15, -0.1) is 0 Å². The van der Waals surface area contributed by atoms with Gasteiger partial charge in [0, 0.05) is 38.8 Å². The standard InChI is InChI=1S/C22H25N5O2/c1-27(2)22(29)19-11-16(18-13-24-25-14-18)7-9-20(19)26-21(28)10-8-15-5-3-4-6-17(15)12-23/h3-7,9,11,13-14H,8,10,12,23H2,1-2H3,(H,24,25)(H,26,28). The van der Waals surface area contributed by atoms with Crippen LogP contribution in [0.5, 0.6) is 0 Å². The first-order chi connectivity index (χ1) is 14.0. The Kier molecular flexibility index (Phi) is 6.41. The molecular formula is C22H25N5O2. The molecule has 150 valence electrons. The number of carbonyl (C=O) groups is 2. The van der Waals surface area contributed by atoms with Gasteiger partial charge in [-0.1, -0.05) is 30.3 Å². The highest BCUT2D eigenvalue weighted by Gasteiger charge is 2.17. The molecule has 4 N–H and O–H groups in total. The van der Waals surface area contributed by atoms with Crippen molar-refractivity contribution in [3.05, 3.63) is 71.5 Å². The summed E-state index contributed by atoms with van der Waals surface area (Å²) in [5.74, 6) is -0.334. The largest absolute Gasteiger partial charge is 0.345 e. The van der Waals surface area contributed by atoms with Crippen LogP contribution in [-0.4, -0.2) is 41.0 Å². The van der Waals surface area contributed by atoms with Crippen LogP contribution in [0.2, 0.25) is 0 Å². The Bertz CT molecular complexity index is 996. The highest BCUT2D eigenvalue weighted by molar-refractivity contribution is 6.04. The second-order valence-electron chi connectivity index (χ2n) is 6.97. The summed E-state index contributed by atoms with van der Waals surface area (Å²) >= 11 is 0. The minimum absolute atomic E-state index is 0.152. The van der Waals surface area contributed by atoms with Crippen molar-refractivity contribution in [2.24, 2.45) is 5.73 Å². The van der Waals surface area contributed by atoms with Crippen molar-refractivity contribution in [1.29, 1.82) is 0 Å². The molecule has 3 rings (SSSR count). The number of nitrogens with zero attached hydrogens (tertiary/aromatic N) is 2. The van der Waals surface area contributed by atoms with E-state index < -0.39 is 0 Å². The lowest BCUT2D eigenvalue weighted by Crippen LogP contribution is -2.24. The molecule has 3 aromatic rings. The normalized spacial score (nSPS) is 10.6. The van der Waals surface area contributed by atoms with Crippen molar-refractivity contribution >= 4 is 17.5 Å². The fourth-order valence-electron chi connectivity index (χ4n) is 3.12. The van der Waals surface area contributed by atoms with Gasteiger partial charge < -0.3 is 16.0 Å². The van der Waals surface area contributed by atoms with Gasteiger partial charge >= 0.3 is 0 Å². The van der Waals surface area contributed by atoms with Gasteiger partial charge in [0.05, 0.1) is 17.4 Å². The van der Waals surface area contributed by atoms with E-state index in [9.17, 15) is 9.59 Å². The van der Waals surface area contributed by atoms with Gasteiger partial charge in [0.25, 0.3) is 5.91 Å². The summed E-state index contributed by atoms with van der Waals surface area (Å²) in [6, 6.07) is 13.2. The number of amides is 2. The quantitative estimate of drug-likeness (QED) is 0.576. The molecule has 0 aliphatic carbocycles. The van der Waals surface area contributed by atoms with Crippen molar-refractivity contribution < 1.29 is 9.59 Å². The van der Waals surface area contributed by atoms with Gasteiger partial charge in [0.2, 0.25) is 5.91 Å². The lowest BCUT2D eigenvalue weighted by atomic mass is 10.0. The minimum atomic E-state index is -0.181. The summed E-state index contributed by atoms with van der Waals surface area (Å²) in [5.41, 5.74) is 10.5. The van der Waals surface area contributed by atoms with Crippen molar-refractivity contribution in [3.8, 4) is 11.1 Å². The summed E-state index contributed by atoms with van der Waals surface area (Å²) < 4.78 is 0. The van der Waals surface area contributed by atoms with E-state index in [1.807, 2.05) is 30.3 Å². The molecule has 7 nitrogen and oxygen atoms in total. The summed E-state index contributed by atoms with van der Waals surface area (Å²) in [7, 11) is 3.37. The number of benzene rings is 2. The zero-order valence-electron chi connectivity index (χ0n) is 16.6. The SMILES string of the molecule is CN(C)C(=O)c1cc(-c2cn[nH]c2)ccc1NC(=O)CCc1ccccc1CN. The maximum absolute atomic E-state index is 12.7. The molecule has 1 aromatic heterocycles. The maximum atomic E-state index is 12.7. The first-order valence-electron chi connectivity index (χ1n) is 9.41. The smallest absolute Gasteiger partial charge is 0.255 e. The van der Waals surface area contributed by atoms with Crippen molar-refractivity contribution in [2.75, 3.05) is 19.4 Å². The highest BCUT2D eigenvalue weighted by atomic mass is 16.2. The van der Waals surface area contributed by atoms with Crippen LogP contribution < -0.4 is 11.1 Å². The number of anilines is 1. The summed E-state index contributed by atoms with van der Waals surface area (Å²) in [4.78, 5) is 26.7. The lowest BCUT2D eigenvalue weighted by molar-refractivity contribution is -0.116. The molecule has 0 unspecified atom stereocenters. The van der Waals surface area contributed by atoms with E-state index in [2.05, 4.69) is 15.5 Å². The van der Waals surface area contributed by atoms with Crippen LogP contribution in [0.3, 0.4) is 0 Å². The number of hydrogen-bond acceptors (Lipinski definition) is 4. The van der Waals surface area contributed by atoms with Crippen molar-refractivity contribution in [1.82, 2.24) is 15.1 Å².